The SMILES string of the molecule is O=C(c1cccs1)c1cc2ccccc2nc1NC1CCc2ccccc21. The number of hydrogen-bond donors (Lipinski definition) is 1. The number of rotatable bonds is 4. The summed E-state index contributed by atoms with van der Waals surface area (Å²) < 4.78 is 0. The van der Waals surface area contributed by atoms with Crippen molar-refractivity contribution in [1.29, 1.82) is 0 Å². The van der Waals surface area contributed by atoms with Gasteiger partial charge in [0.25, 0.3) is 0 Å². The first-order valence-electron chi connectivity index (χ1n) is 9.12. The number of fused-ring (bicyclic) bond motifs is 2. The number of benzene rings is 2. The standard InChI is InChI=1S/C23H18N2OS/c26-22(21-10-5-13-27-21)18-14-16-7-2-4-9-19(16)24-23(18)25-20-12-11-15-6-1-3-8-17(15)20/h1-10,13-14,20H,11-12H2,(H,24,25). The summed E-state index contributed by atoms with van der Waals surface area (Å²) in [6, 6.07) is 22.4. The summed E-state index contributed by atoms with van der Waals surface area (Å²) in [6.07, 6.45) is 2.07. The van der Waals surface area contributed by atoms with Crippen molar-refractivity contribution in [1.82, 2.24) is 4.98 Å². The minimum absolute atomic E-state index is 0.0250. The third kappa shape index (κ3) is 2.92. The topological polar surface area (TPSA) is 42.0 Å². The molecule has 3 nitrogen and oxygen atoms in total. The lowest BCUT2D eigenvalue weighted by Gasteiger charge is -2.18. The smallest absolute Gasteiger partial charge is 0.206 e. The molecule has 4 heteroatoms. The second-order valence-corrected chi connectivity index (χ2v) is 7.77. The molecule has 1 aliphatic carbocycles. The van der Waals surface area contributed by atoms with Crippen LogP contribution in [0.2, 0.25) is 0 Å². The third-order valence-electron chi connectivity index (χ3n) is 5.16. The molecule has 0 aliphatic heterocycles. The number of carbonyl (C=O) groups is 1. The maximum Gasteiger partial charge on any atom is 0.206 e. The van der Waals surface area contributed by atoms with E-state index in [1.54, 1.807) is 0 Å². The fourth-order valence-corrected chi connectivity index (χ4v) is 4.49. The highest BCUT2D eigenvalue weighted by molar-refractivity contribution is 7.12. The van der Waals surface area contributed by atoms with Gasteiger partial charge in [0.05, 0.1) is 22.0 Å². The van der Waals surface area contributed by atoms with Crippen LogP contribution in [0, 0.1) is 0 Å². The average Bonchev–Trinajstić information content (AvgIpc) is 3.38. The summed E-state index contributed by atoms with van der Waals surface area (Å²) in [5.41, 5.74) is 4.22. The predicted molar refractivity (Wildman–Crippen MR) is 111 cm³/mol. The Bertz CT molecular complexity index is 1130. The monoisotopic (exact) mass is 370 g/mol. The van der Waals surface area contributed by atoms with Crippen LogP contribution in [0.3, 0.4) is 0 Å². The van der Waals surface area contributed by atoms with Crippen molar-refractivity contribution in [2.24, 2.45) is 0 Å². The van der Waals surface area contributed by atoms with Gasteiger partial charge in [-0.1, -0.05) is 48.5 Å². The lowest BCUT2D eigenvalue weighted by atomic mass is 10.0. The first-order chi connectivity index (χ1) is 13.3. The van der Waals surface area contributed by atoms with E-state index in [1.807, 2.05) is 47.8 Å². The number of nitrogens with zero attached hydrogens (tertiary/aromatic N) is 1. The van der Waals surface area contributed by atoms with Crippen LogP contribution in [0.15, 0.2) is 72.1 Å². The Kier molecular flexibility index (Phi) is 3.98. The van der Waals surface area contributed by atoms with Gasteiger partial charge in [-0.3, -0.25) is 4.79 Å². The van der Waals surface area contributed by atoms with Gasteiger partial charge in [0.1, 0.15) is 5.82 Å². The van der Waals surface area contributed by atoms with E-state index in [0.29, 0.717) is 11.4 Å². The molecule has 0 saturated heterocycles. The number of aromatic nitrogens is 1. The van der Waals surface area contributed by atoms with Gasteiger partial charge in [0, 0.05) is 5.39 Å². The first kappa shape index (κ1) is 16.2. The molecule has 5 rings (SSSR count). The zero-order valence-corrected chi connectivity index (χ0v) is 15.5. The van der Waals surface area contributed by atoms with E-state index in [9.17, 15) is 4.79 Å². The summed E-state index contributed by atoms with van der Waals surface area (Å²) in [5.74, 6) is 0.700. The maximum atomic E-state index is 13.1. The van der Waals surface area contributed by atoms with E-state index in [0.717, 1.165) is 28.6 Å². The molecule has 1 unspecified atom stereocenters. The maximum absolute atomic E-state index is 13.1. The summed E-state index contributed by atoms with van der Waals surface area (Å²) >= 11 is 1.47. The van der Waals surface area contributed by atoms with Crippen molar-refractivity contribution < 1.29 is 4.79 Å². The zero-order valence-electron chi connectivity index (χ0n) is 14.7. The second kappa shape index (κ2) is 6.63. The van der Waals surface area contributed by atoms with Gasteiger partial charge in [0.15, 0.2) is 0 Å². The molecule has 0 amide bonds. The van der Waals surface area contributed by atoms with E-state index in [1.165, 1.54) is 22.5 Å². The number of hydrogen-bond acceptors (Lipinski definition) is 4. The molecule has 2 aromatic heterocycles. The van der Waals surface area contributed by atoms with E-state index >= 15 is 0 Å². The number of para-hydroxylation sites is 1. The highest BCUT2D eigenvalue weighted by Crippen LogP contribution is 2.35. The molecule has 2 heterocycles. The quantitative estimate of drug-likeness (QED) is 0.474. The molecular formula is C23H18N2OS. The largest absolute Gasteiger partial charge is 0.363 e. The molecule has 0 saturated carbocycles. The highest BCUT2D eigenvalue weighted by Gasteiger charge is 2.25. The number of aryl methyl sites for hydroxylation is 1. The Balaban J connectivity index is 1.60. The molecular weight excluding hydrogens is 352 g/mol. The fraction of sp³-hybridized carbons (Fsp3) is 0.130. The summed E-state index contributed by atoms with van der Waals surface area (Å²) in [7, 11) is 0. The first-order valence-corrected chi connectivity index (χ1v) is 10.00. The Hall–Kier alpha value is -2.98. The van der Waals surface area contributed by atoms with Crippen LogP contribution in [-0.2, 0) is 6.42 Å². The number of ketones is 1. The number of nitrogens with one attached hydrogen (secondary N) is 1. The molecule has 0 spiro atoms. The Morgan fingerprint density at radius 2 is 1.89 bits per heavy atom. The zero-order chi connectivity index (χ0) is 18.2. The molecule has 1 N–H and O–H groups in total. The van der Waals surface area contributed by atoms with Gasteiger partial charge >= 0.3 is 0 Å². The van der Waals surface area contributed by atoms with Crippen LogP contribution in [0.25, 0.3) is 10.9 Å². The summed E-state index contributed by atoms with van der Waals surface area (Å²) in [4.78, 5) is 18.7. The molecule has 27 heavy (non-hydrogen) atoms. The minimum Gasteiger partial charge on any atom is -0.363 e. The number of anilines is 1. The molecule has 1 aliphatic rings. The molecule has 1 atom stereocenters. The van der Waals surface area contributed by atoms with E-state index in [2.05, 4.69) is 29.6 Å². The van der Waals surface area contributed by atoms with Gasteiger partial charge in [-0.25, -0.2) is 4.98 Å². The van der Waals surface area contributed by atoms with E-state index in [4.69, 9.17) is 4.98 Å². The molecule has 0 radical (unpaired) electrons. The second-order valence-electron chi connectivity index (χ2n) is 6.82. The summed E-state index contributed by atoms with van der Waals surface area (Å²) in [5, 5.41) is 6.49. The van der Waals surface area contributed by atoms with Gasteiger partial charge in [-0.15, -0.1) is 11.3 Å². The fourth-order valence-electron chi connectivity index (χ4n) is 3.81. The van der Waals surface area contributed by atoms with Gasteiger partial charge in [-0.2, -0.15) is 0 Å². The molecule has 0 fully saturated rings. The van der Waals surface area contributed by atoms with Crippen molar-refractivity contribution in [2.75, 3.05) is 5.32 Å². The predicted octanol–water partition coefficient (Wildman–Crippen LogP) is 5.63. The molecule has 4 aromatic rings. The van der Waals surface area contributed by atoms with Gasteiger partial charge in [0.2, 0.25) is 5.78 Å². The number of carbonyl (C=O) groups excluding carboxylic acids is 1. The molecule has 2 aromatic carbocycles. The lowest BCUT2D eigenvalue weighted by Crippen LogP contribution is -2.13. The van der Waals surface area contributed by atoms with E-state index in [-0.39, 0.29) is 11.8 Å². The van der Waals surface area contributed by atoms with Crippen molar-refractivity contribution in [3.63, 3.8) is 0 Å². The van der Waals surface area contributed by atoms with Crippen molar-refractivity contribution in [2.45, 2.75) is 18.9 Å². The Morgan fingerprint density at radius 1 is 1.04 bits per heavy atom. The van der Waals surface area contributed by atoms with Crippen LogP contribution in [-0.4, -0.2) is 10.8 Å². The average molecular weight is 370 g/mol. The van der Waals surface area contributed by atoms with Gasteiger partial charge < -0.3 is 5.32 Å². The third-order valence-corrected chi connectivity index (χ3v) is 6.03. The van der Waals surface area contributed by atoms with Crippen LogP contribution in [0.4, 0.5) is 5.82 Å². The molecule has 0 bridgehead atoms. The van der Waals surface area contributed by atoms with Crippen molar-refractivity contribution >= 4 is 33.8 Å². The van der Waals surface area contributed by atoms with Crippen LogP contribution in [0.5, 0.6) is 0 Å². The van der Waals surface area contributed by atoms with Gasteiger partial charge in [-0.05, 0) is 47.5 Å². The Morgan fingerprint density at radius 3 is 2.78 bits per heavy atom. The number of pyridine rings is 1. The molecule has 132 valence electrons. The van der Waals surface area contributed by atoms with Crippen molar-refractivity contribution in [3.8, 4) is 0 Å². The number of thiophene rings is 1. The lowest BCUT2D eigenvalue weighted by molar-refractivity contribution is 0.104. The van der Waals surface area contributed by atoms with Crippen LogP contribution < -0.4 is 5.32 Å². The highest BCUT2D eigenvalue weighted by atomic mass is 32.1. The van der Waals surface area contributed by atoms with Crippen LogP contribution in [0.1, 0.15) is 38.8 Å². The Labute approximate surface area is 161 Å². The van der Waals surface area contributed by atoms with Crippen molar-refractivity contribution in [3.05, 3.63) is 93.7 Å². The van der Waals surface area contributed by atoms with Crippen LogP contribution >= 0.6 is 11.3 Å². The van der Waals surface area contributed by atoms with E-state index < -0.39 is 0 Å². The normalized spacial score (nSPS) is 15.6. The minimum atomic E-state index is 0.0250. The summed E-state index contributed by atoms with van der Waals surface area (Å²) in [6.45, 7) is 0.